The Hall–Kier alpha value is -1.35. The molecule has 0 aromatic heterocycles. The van der Waals surface area contributed by atoms with Gasteiger partial charge in [0.1, 0.15) is 6.04 Å². The first-order valence-corrected chi connectivity index (χ1v) is 6.05. The lowest BCUT2D eigenvalue weighted by atomic mass is 9.96. The van der Waals surface area contributed by atoms with Crippen molar-refractivity contribution in [2.24, 2.45) is 0 Å². The van der Waals surface area contributed by atoms with Crippen LogP contribution in [0.4, 0.5) is 0 Å². The molecule has 1 aliphatic heterocycles. The van der Waals surface area contributed by atoms with E-state index in [9.17, 15) is 4.79 Å². The Bertz CT molecular complexity index is 431. The standard InChI is InChI=1S/C14H19NO2/c1-5-17-14(16)13-12(15-13)11-9(3)6-8(2)7-10(11)4/h6-7,12-13,15H,5H2,1-4H3/t12-,13+/m0/s1. The largest absolute Gasteiger partial charge is 0.465 e. The molecule has 0 spiro atoms. The summed E-state index contributed by atoms with van der Waals surface area (Å²) < 4.78 is 5.02. The molecule has 1 aromatic carbocycles. The first-order chi connectivity index (χ1) is 8.04. The van der Waals surface area contributed by atoms with Gasteiger partial charge in [0.25, 0.3) is 0 Å². The van der Waals surface area contributed by atoms with Crippen LogP contribution in [0.25, 0.3) is 0 Å². The van der Waals surface area contributed by atoms with Gasteiger partial charge in [-0.3, -0.25) is 10.1 Å². The molecule has 3 heteroatoms. The highest BCUT2D eigenvalue weighted by molar-refractivity contribution is 5.81. The van der Waals surface area contributed by atoms with Gasteiger partial charge in [0.15, 0.2) is 0 Å². The van der Waals surface area contributed by atoms with Gasteiger partial charge in [-0.2, -0.15) is 0 Å². The number of ether oxygens (including phenoxy) is 1. The van der Waals surface area contributed by atoms with Crippen molar-refractivity contribution in [3.05, 3.63) is 34.4 Å². The predicted octanol–water partition coefficient (Wildman–Crippen LogP) is 2.19. The zero-order valence-corrected chi connectivity index (χ0v) is 10.8. The van der Waals surface area contributed by atoms with Crippen LogP contribution in [0.2, 0.25) is 0 Å². The van der Waals surface area contributed by atoms with Gasteiger partial charge in [0.2, 0.25) is 0 Å². The highest BCUT2D eigenvalue weighted by Gasteiger charge is 2.45. The number of benzene rings is 1. The Labute approximate surface area is 102 Å². The molecule has 1 aromatic rings. The number of nitrogens with one attached hydrogen (secondary N) is 1. The van der Waals surface area contributed by atoms with Crippen molar-refractivity contribution in [3.63, 3.8) is 0 Å². The van der Waals surface area contributed by atoms with E-state index in [0.717, 1.165) is 0 Å². The summed E-state index contributed by atoms with van der Waals surface area (Å²) in [5, 5.41) is 3.20. The van der Waals surface area contributed by atoms with Gasteiger partial charge >= 0.3 is 5.97 Å². The summed E-state index contributed by atoms with van der Waals surface area (Å²) in [7, 11) is 0. The number of hydrogen-bond donors (Lipinski definition) is 1. The fourth-order valence-corrected chi connectivity index (χ4v) is 2.51. The fourth-order valence-electron chi connectivity index (χ4n) is 2.51. The van der Waals surface area contributed by atoms with E-state index in [0.29, 0.717) is 6.61 Å². The number of aryl methyl sites for hydroxylation is 3. The first kappa shape index (κ1) is 12.1. The third-order valence-corrected chi connectivity index (χ3v) is 3.17. The quantitative estimate of drug-likeness (QED) is 0.643. The van der Waals surface area contributed by atoms with Crippen molar-refractivity contribution in [2.45, 2.75) is 39.8 Å². The normalized spacial score (nSPS) is 22.4. The minimum Gasteiger partial charge on any atom is -0.465 e. The lowest BCUT2D eigenvalue weighted by molar-refractivity contribution is -0.142. The van der Waals surface area contributed by atoms with Gasteiger partial charge in [-0.1, -0.05) is 17.7 Å². The molecule has 0 amide bonds. The summed E-state index contributed by atoms with van der Waals surface area (Å²) in [4.78, 5) is 11.6. The number of carbonyl (C=O) groups is 1. The Kier molecular flexibility index (Phi) is 3.20. The van der Waals surface area contributed by atoms with Crippen molar-refractivity contribution in [1.82, 2.24) is 5.32 Å². The molecule has 1 aliphatic rings. The van der Waals surface area contributed by atoms with E-state index in [1.807, 2.05) is 6.92 Å². The Balaban J connectivity index is 2.19. The predicted molar refractivity (Wildman–Crippen MR) is 67.0 cm³/mol. The molecule has 92 valence electrons. The van der Waals surface area contributed by atoms with Gasteiger partial charge in [-0.25, -0.2) is 0 Å². The summed E-state index contributed by atoms with van der Waals surface area (Å²) in [6.07, 6.45) is 0. The average Bonchev–Trinajstić information content (AvgIpc) is 2.96. The van der Waals surface area contributed by atoms with Gasteiger partial charge in [-0.15, -0.1) is 0 Å². The smallest absolute Gasteiger partial charge is 0.325 e. The summed E-state index contributed by atoms with van der Waals surface area (Å²) in [6, 6.07) is 4.29. The zero-order valence-electron chi connectivity index (χ0n) is 10.8. The Morgan fingerprint density at radius 2 is 1.88 bits per heavy atom. The Morgan fingerprint density at radius 3 is 2.41 bits per heavy atom. The van der Waals surface area contributed by atoms with Crippen LogP contribution in [0, 0.1) is 20.8 Å². The van der Waals surface area contributed by atoms with E-state index in [4.69, 9.17) is 4.74 Å². The van der Waals surface area contributed by atoms with Crippen molar-refractivity contribution in [2.75, 3.05) is 6.61 Å². The summed E-state index contributed by atoms with van der Waals surface area (Å²) >= 11 is 0. The molecule has 3 nitrogen and oxygen atoms in total. The van der Waals surface area contributed by atoms with E-state index < -0.39 is 0 Å². The molecule has 0 unspecified atom stereocenters. The molecular formula is C14H19NO2. The van der Waals surface area contributed by atoms with E-state index in [2.05, 4.69) is 38.2 Å². The second kappa shape index (κ2) is 4.49. The molecule has 1 heterocycles. The minimum atomic E-state index is -0.157. The maximum atomic E-state index is 11.6. The van der Waals surface area contributed by atoms with Gasteiger partial charge < -0.3 is 4.74 Å². The fraction of sp³-hybridized carbons (Fsp3) is 0.500. The van der Waals surface area contributed by atoms with Crippen molar-refractivity contribution in [3.8, 4) is 0 Å². The number of carbonyl (C=O) groups excluding carboxylic acids is 1. The van der Waals surface area contributed by atoms with E-state index in [1.165, 1.54) is 22.3 Å². The monoisotopic (exact) mass is 233 g/mol. The average molecular weight is 233 g/mol. The zero-order chi connectivity index (χ0) is 12.6. The number of hydrogen-bond acceptors (Lipinski definition) is 3. The maximum absolute atomic E-state index is 11.6. The molecule has 0 saturated carbocycles. The lowest BCUT2D eigenvalue weighted by Crippen LogP contribution is -2.14. The molecule has 0 bridgehead atoms. The van der Waals surface area contributed by atoms with Crippen LogP contribution in [-0.2, 0) is 9.53 Å². The van der Waals surface area contributed by atoms with Crippen LogP contribution < -0.4 is 5.32 Å². The second-order valence-electron chi connectivity index (χ2n) is 4.69. The van der Waals surface area contributed by atoms with E-state index >= 15 is 0 Å². The molecule has 2 rings (SSSR count). The van der Waals surface area contributed by atoms with Gasteiger partial charge in [0, 0.05) is 0 Å². The van der Waals surface area contributed by atoms with Crippen LogP contribution in [0.3, 0.4) is 0 Å². The van der Waals surface area contributed by atoms with Crippen molar-refractivity contribution < 1.29 is 9.53 Å². The van der Waals surface area contributed by atoms with E-state index in [1.54, 1.807) is 0 Å². The number of esters is 1. The van der Waals surface area contributed by atoms with Crippen LogP contribution in [0.1, 0.15) is 35.2 Å². The SMILES string of the molecule is CCOC(=O)[C@@H]1N[C@H]1c1c(C)cc(C)cc1C. The molecule has 0 aliphatic carbocycles. The van der Waals surface area contributed by atoms with Gasteiger partial charge in [0.05, 0.1) is 12.6 Å². The third-order valence-electron chi connectivity index (χ3n) is 3.17. The Morgan fingerprint density at radius 1 is 1.29 bits per heavy atom. The van der Waals surface area contributed by atoms with Gasteiger partial charge in [-0.05, 0) is 44.4 Å². The maximum Gasteiger partial charge on any atom is 0.325 e. The minimum absolute atomic E-state index is 0.134. The number of rotatable bonds is 3. The van der Waals surface area contributed by atoms with Crippen LogP contribution in [0.15, 0.2) is 12.1 Å². The molecule has 1 saturated heterocycles. The summed E-state index contributed by atoms with van der Waals surface area (Å²) in [6.45, 7) is 8.55. The second-order valence-corrected chi connectivity index (χ2v) is 4.69. The highest BCUT2D eigenvalue weighted by atomic mass is 16.5. The van der Waals surface area contributed by atoms with Crippen molar-refractivity contribution >= 4 is 5.97 Å². The van der Waals surface area contributed by atoms with Crippen molar-refractivity contribution in [1.29, 1.82) is 0 Å². The molecule has 1 fully saturated rings. The third kappa shape index (κ3) is 2.34. The molecule has 17 heavy (non-hydrogen) atoms. The topological polar surface area (TPSA) is 48.2 Å². The molecule has 2 atom stereocenters. The highest BCUT2D eigenvalue weighted by Crippen LogP contribution is 2.35. The van der Waals surface area contributed by atoms with Crippen LogP contribution in [0.5, 0.6) is 0 Å². The lowest BCUT2D eigenvalue weighted by Gasteiger charge is -2.09. The van der Waals surface area contributed by atoms with Crippen LogP contribution >= 0.6 is 0 Å². The molecule has 1 N–H and O–H groups in total. The van der Waals surface area contributed by atoms with Crippen LogP contribution in [-0.4, -0.2) is 18.6 Å². The summed E-state index contributed by atoms with van der Waals surface area (Å²) in [5.41, 5.74) is 4.99. The van der Waals surface area contributed by atoms with E-state index in [-0.39, 0.29) is 18.1 Å². The molecule has 0 radical (unpaired) electrons. The molecular weight excluding hydrogens is 214 g/mol. The summed E-state index contributed by atoms with van der Waals surface area (Å²) in [5.74, 6) is -0.142. The first-order valence-electron chi connectivity index (χ1n) is 6.05.